The Morgan fingerprint density at radius 1 is 0.313 bits per heavy atom. The van der Waals surface area contributed by atoms with Crippen molar-refractivity contribution in [2.75, 3.05) is 59.3 Å². The summed E-state index contributed by atoms with van der Waals surface area (Å²) >= 11 is 0. The number of nitrogens with one attached hydrogen (secondary N) is 4. The number of imide groups is 1. The molecule has 0 saturated carbocycles. The maximum Gasteiger partial charge on any atom is 0.330 e. The molecule has 7 amide bonds. The van der Waals surface area contributed by atoms with Crippen LogP contribution in [0.4, 0.5) is 0 Å². The second-order valence-electron chi connectivity index (χ2n) is 36.9. The van der Waals surface area contributed by atoms with E-state index in [9.17, 15) is 19.2 Å². The van der Waals surface area contributed by atoms with E-state index in [0.717, 1.165) is 4.90 Å². The molecule has 6 aliphatic heterocycles. The molecule has 6 unspecified atom stereocenters. The molecule has 4 fully saturated rings. The first-order chi connectivity index (χ1) is 72.0. The van der Waals surface area contributed by atoms with Crippen LogP contribution in [-0.4, -0.2) is 169 Å². The van der Waals surface area contributed by atoms with Crippen molar-refractivity contribution in [1.82, 2.24) is 41.0 Å². The van der Waals surface area contributed by atoms with Crippen LogP contribution in [-0.2, 0) is 75.4 Å². The van der Waals surface area contributed by atoms with Gasteiger partial charge in [-0.25, -0.2) is 9.59 Å². The number of fused-ring (bicyclic) bond motifs is 2. The molecule has 17 aromatic rings. The van der Waals surface area contributed by atoms with E-state index in [4.69, 9.17) is 52.1 Å². The highest BCUT2D eigenvalue weighted by Gasteiger charge is 2.46. The summed E-state index contributed by atoms with van der Waals surface area (Å²) in [6.07, 6.45) is 5.54. The van der Waals surface area contributed by atoms with Crippen LogP contribution in [0, 0.1) is 0 Å². The molecule has 0 bridgehead atoms. The molecule has 0 spiro atoms. The molecule has 147 heavy (non-hydrogen) atoms. The Labute approximate surface area is 841 Å². The van der Waals surface area contributed by atoms with Crippen LogP contribution in [0.15, 0.2) is 328 Å². The summed E-state index contributed by atoms with van der Waals surface area (Å²) in [5.41, 5.74) is 8.84. The number of rotatable bonds is 36. The van der Waals surface area contributed by atoms with Crippen molar-refractivity contribution >= 4 is 96.4 Å². The first-order valence-electron chi connectivity index (χ1n) is 48.4. The summed E-state index contributed by atoms with van der Waals surface area (Å²) in [7, 11) is 0. The molecule has 28 nitrogen and oxygen atoms in total. The van der Waals surface area contributed by atoms with Crippen molar-refractivity contribution in [3.8, 4) is 90.5 Å². The van der Waals surface area contributed by atoms with Gasteiger partial charge in [0.2, 0.25) is 0 Å². The van der Waals surface area contributed by atoms with E-state index in [1.54, 1.807) is 219 Å². The fourth-order valence-corrected chi connectivity index (χ4v) is 19.1. The van der Waals surface area contributed by atoms with Crippen LogP contribution in [0.1, 0.15) is 100 Å². The zero-order valence-corrected chi connectivity index (χ0v) is 79.0. The summed E-state index contributed by atoms with van der Waals surface area (Å²) in [5, 5.41) is 13.2. The predicted octanol–water partition coefficient (Wildman–Crippen LogP) is 19.1. The lowest BCUT2D eigenvalue weighted by Crippen LogP contribution is -2.52. The third-order valence-electron chi connectivity index (χ3n) is 26.8. The van der Waals surface area contributed by atoms with Gasteiger partial charge < -0.3 is 78.3 Å². The summed E-state index contributed by atoms with van der Waals surface area (Å²) in [6, 6.07) is 85.6. The van der Waals surface area contributed by atoms with Gasteiger partial charge in [0.25, 0.3) is 41.4 Å². The summed E-state index contributed by atoms with van der Waals surface area (Å²) in [5.74, 6) is -4.96. The molecule has 6 atom stereocenters. The molecule has 6 aliphatic rings. The fraction of sp³-hybridized carbons (Fsp3) is 0.168. The van der Waals surface area contributed by atoms with Gasteiger partial charge in [-0.05, 0) is 218 Å². The number of epoxide rings is 4. The van der Waals surface area contributed by atoms with Gasteiger partial charge in [-0.15, -0.1) is 0 Å². The van der Waals surface area contributed by atoms with Gasteiger partial charge in [-0.1, -0.05) is 158 Å². The van der Waals surface area contributed by atoms with E-state index in [-0.39, 0.29) is 186 Å². The number of amides is 7. The third kappa shape index (κ3) is 20.2. The molecular formula is C119H92N8O20. The molecule has 0 radical (unpaired) electrons. The first kappa shape index (κ1) is 93.0. The lowest BCUT2D eigenvalue weighted by atomic mass is 9.81. The monoisotopic (exact) mass is 1950 g/mol. The van der Waals surface area contributed by atoms with Crippen molar-refractivity contribution in [2.24, 2.45) is 0 Å². The first-order valence-corrected chi connectivity index (χ1v) is 48.4. The van der Waals surface area contributed by atoms with Gasteiger partial charge in [-0.2, -0.15) is 0 Å². The topological polar surface area (TPSA) is 349 Å². The van der Waals surface area contributed by atoms with E-state index in [0.29, 0.717) is 147 Å². The Hall–Kier alpha value is -17.7. The average Bonchev–Trinajstić information content (AvgIpc) is 1.67. The van der Waals surface area contributed by atoms with Crippen LogP contribution in [0.3, 0.4) is 0 Å². The largest absolute Gasteiger partial charge is 0.459 e. The number of hydrogen-bond acceptors (Lipinski definition) is 22. The number of pyridine rings is 2. The van der Waals surface area contributed by atoms with E-state index in [2.05, 4.69) is 31.2 Å². The Balaban J connectivity index is 0.816. The van der Waals surface area contributed by atoms with Crippen molar-refractivity contribution in [3.63, 3.8) is 0 Å². The second-order valence-corrected chi connectivity index (χ2v) is 36.9. The zero-order chi connectivity index (χ0) is 99.7. The van der Waals surface area contributed by atoms with Crippen molar-refractivity contribution in [3.05, 3.63) is 395 Å². The van der Waals surface area contributed by atoms with Gasteiger partial charge in [0.15, 0.2) is 0 Å². The van der Waals surface area contributed by atoms with Gasteiger partial charge >= 0.3 is 11.9 Å². The molecule has 2 aromatic heterocycles. The molecule has 4 N–H and O–H groups in total. The van der Waals surface area contributed by atoms with E-state index in [1.165, 1.54) is 17.0 Å². The molecule has 8 heterocycles. The summed E-state index contributed by atoms with van der Waals surface area (Å²) < 4.78 is 72.3. The fourth-order valence-electron chi connectivity index (χ4n) is 19.1. The maximum atomic E-state index is 17.6. The number of carbonyl (C=O) groups excluding carboxylic acids is 9. The Kier molecular flexibility index (Phi) is 25.7. The highest BCUT2D eigenvalue weighted by atomic mass is 16.6. The lowest BCUT2D eigenvalue weighted by Gasteiger charge is -2.35. The summed E-state index contributed by atoms with van der Waals surface area (Å²) in [4.78, 5) is 151. The van der Waals surface area contributed by atoms with Crippen LogP contribution >= 0.6 is 0 Å². The quantitative estimate of drug-likeness (QED) is 0.00931. The highest BCUT2D eigenvalue weighted by molar-refractivity contribution is 6.43. The Morgan fingerprint density at radius 2 is 0.619 bits per heavy atom. The van der Waals surface area contributed by atoms with Gasteiger partial charge in [0.1, 0.15) is 78.0 Å². The van der Waals surface area contributed by atoms with Gasteiger partial charge in [0, 0.05) is 129 Å². The van der Waals surface area contributed by atoms with Crippen molar-refractivity contribution in [2.45, 2.75) is 69.2 Å². The minimum atomic E-state index is -1.69. The van der Waals surface area contributed by atoms with Crippen LogP contribution in [0.2, 0.25) is 0 Å². The number of benzene rings is 15. The number of carbonyl (C=O) groups is 9. The highest BCUT2D eigenvalue weighted by Crippen LogP contribution is 2.59. The molecule has 0 aliphatic carbocycles. The van der Waals surface area contributed by atoms with E-state index < -0.39 is 48.5 Å². The molecule has 28 heteroatoms. The summed E-state index contributed by atoms with van der Waals surface area (Å²) in [6.45, 7) is 2.18. The van der Waals surface area contributed by atoms with Crippen molar-refractivity contribution < 1.29 is 95.3 Å². The Morgan fingerprint density at radius 3 is 0.966 bits per heavy atom. The van der Waals surface area contributed by atoms with Crippen LogP contribution in [0.5, 0.6) is 46.0 Å². The number of esters is 2. The standard InChI is InChI=1S/C119H92N8O20/c128-111(122-57-90-64-138-90)81-27-7-19-73(45-81)77-23-11-31-86(49-77)144-99-53-85-63-137-68-126(97(43-69-35-39-120-40-36-69)118(135)142-61-71-15-3-1-4-16-71)115(132)94-54-100(145-87-32-12-24-78(50-87)74-20-8-28-82(46-74)112(129)123-58-91-65-139-91)106-108-102(147-89-34-14-26-80(52-89)76-22-10-30-84(48-76)114(131)125-60-93-67-141-93)56-96-104-95(116(133)127(117(96)134)98(44-70-37-41-121-42-38-70)119(136)143-62-72-17-5-2-6-18-72)55-101(107(110(104)108)105(99)109(106)103(85)94)146-88-33-13-25-79(51-88)75-21-9-29-83(47-75)113(130)124-59-92-66-140-92/h1-42,45-56,90-93,97-98H,43-44,57-68H2,(H,122,128)(H,123,129)(H,124,130)(H,125,131). The Bertz CT molecular complexity index is 7890. The SMILES string of the molecule is O=C(NCC1CO1)c1cccc(-c2cccc(Oc3cc4c5c(cc(Oc6cccc(-c7cccc(C(=O)NCC8CO8)c7)c6)c6c7c(Oc8cccc(-c9cccc(C(=O)NCC%10CO%10)c9)c8)cc8c9c(cc(Oc%10cccc(-c%11cccc(C(=O)NCC%12CO%12)c%11)c%10)c(c3c56)c97)C(=O)N(C(Cc3ccncc3)C(=O)OCc3ccccc3)C8=O)C(=O)N(C(Cc3ccncc3)C(=O)OCc3ccccc3)COC4)c2)c1. The predicted molar refractivity (Wildman–Crippen MR) is 546 cm³/mol. The van der Waals surface area contributed by atoms with Crippen LogP contribution < -0.4 is 40.2 Å². The lowest BCUT2D eigenvalue weighted by molar-refractivity contribution is -0.152. The molecule has 728 valence electrons. The zero-order valence-electron chi connectivity index (χ0n) is 79.0. The number of hydrogen-bond donors (Lipinski definition) is 4. The normalized spacial score (nSPS) is 16.2. The maximum absolute atomic E-state index is 17.6. The number of aromatic nitrogens is 2. The van der Waals surface area contributed by atoms with Gasteiger partial charge in [-0.3, -0.25) is 48.4 Å². The van der Waals surface area contributed by atoms with E-state index >= 15 is 24.0 Å². The second kappa shape index (κ2) is 40.6. The number of ether oxygens (including phenoxy) is 11. The van der Waals surface area contributed by atoms with Gasteiger partial charge in [0.05, 0.1) is 74.1 Å². The van der Waals surface area contributed by atoms with Crippen LogP contribution in [0.25, 0.3) is 87.6 Å². The molecule has 15 aromatic carbocycles. The molecule has 4 saturated heterocycles. The molecular weight excluding hydrogens is 1860 g/mol. The average molecular weight is 1950 g/mol. The minimum Gasteiger partial charge on any atom is -0.459 e. The smallest absolute Gasteiger partial charge is 0.330 e. The third-order valence-corrected chi connectivity index (χ3v) is 26.8. The minimum absolute atomic E-state index is 0.0270. The van der Waals surface area contributed by atoms with Crippen molar-refractivity contribution in [1.29, 1.82) is 0 Å². The number of nitrogens with zero attached hydrogens (tertiary/aromatic N) is 4. The molecule has 23 rings (SSSR count). The van der Waals surface area contributed by atoms with E-state index in [1.807, 2.05) is 97.1 Å².